The number of aryl methyl sites for hydroxylation is 2. The molecule has 0 aliphatic rings. The van der Waals surface area contributed by atoms with Crippen molar-refractivity contribution in [2.75, 3.05) is 18.2 Å². The van der Waals surface area contributed by atoms with Gasteiger partial charge in [0.25, 0.3) is 0 Å². The van der Waals surface area contributed by atoms with Crippen LogP contribution in [-0.4, -0.2) is 26.9 Å². The molecule has 182 valence electrons. The molecule has 0 amide bonds. The second kappa shape index (κ2) is 9.65. The minimum absolute atomic E-state index is 0.319. The molecule has 0 aliphatic carbocycles. The zero-order valence-corrected chi connectivity index (χ0v) is 20.4. The molecule has 5 aromatic rings. The van der Waals surface area contributed by atoms with Crippen molar-refractivity contribution in [3.05, 3.63) is 95.7 Å². The number of rotatable bonds is 7. The van der Waals surface area contributed by atoms with Crippen molar-refractivity contribution in [2.45, 2.75) is 19.4 Å². The zero-order valence-electron chi connectivity index (χ0n) is 20.4. The van der Waals surface area contributed by atoms with Gasteiger partial charge in [-0.05, 0) is 59.8 Å². The summed E-state index contributed by atoms with van der Waals surface area (Å²) >= 11 is 0. The largest absolute Gasteiger partial charge is 0.496 e. The topological polar surface area (TPSA) is 90.9 Å². The third-order valence-corrected chi connectivity index (χ3v) is 6.29. The van der Waals surface area contributed by atoms with Gasteiger partial charge in [-0.1, -0.05) is 31.2 Å². The first-order valence-electron chi connectivity index (χ1n) is 11.7. The van der Waals surface area contributed by atoms with Crippen LogP contribution in [0.15, 0.2) is 72.9 Å². The number of nitrogens with two attached hydrogens (primary N) is 1. The highest BCUT2D eigenvalue weighted by Gasteiger charge is 2.25. The average Bonchev–Trinajstić information content (AvgIpc) is 3.28. The number of hydrogen-bond donors (Lipinski definition) is 2. The van der Waals surface area contributed by atoms with Gasteiger partial charge in [-0.15, -0.1) is 0 Å². The Morgan fingerprint density at radius 2 is 1.92 bits per heavy atom. The van der Waals surface area contributed by atoms with Crippen LogP contribution >= 0.6 is 0 Å². The molecule has 0 fully saturated rings. The van der Waals surface area contributed by atoms with Gasteiger partial charge in [-0.25, -0.2) is 14.4 Å². The number of methoxy groups -OCH3 is 1. The molecule has 8 heteroatoms. The highest BCUT2D eigenvalue weighted by atomic mass is 19.1. The molecule has 3 N–H and O–H groups in total. The van der Waals surface area contributed by atoms with Crippen LogP contribution in [0.3, 0.4) is 0 Å². The number of aromatic nitrogens is 4. The second-order valence-corrected chi connectivity index (χ2v) is 8.54. The highest BCUT2D eigenvalue weighted by molar-refractivity contribution is 5.92. The molecule has 2 aromatic heterocycles. The van der Waals surface area contributed by atoms with Gasteiger partial charge in [0.2, 0.25) is 0 Å². The Bertz CT molecular complexity index is 1550. The Kier molecular flexibility index (Phi) is 6.25. The van der Waals surface area contributed by atoms with Gasteiger partial charge in [0.1, 0.15) is 23.4 Å². The van der Waals surface area contributed by atoms with Crippen molar-refractivity contribution >= 4 is 22.3 Å². The standard InChI is InChI=1S/C28H27FN6O/c1-4-17-9-12-23(29)22(15-17)25(32-19-10-11-20-18(16-19)13-14-31-26(20)30)28-33-27(34-35(28)2)21-7-5-6-8-24(21)36-3/h5-16,25,32H,4H2,1-3H3,(H2,30,31). The molecule has 36 heavy (non-hydrogen) atoms. The molecule has 0 bridgehead atoms. The Balaban J connectivity index is 1.64. The summed E-state index contributed by atoms with van der Waals surface area (Å²) < 4.78 is 22.5. The van der Waals surface area contributed by atoms with Crippen LogP contribution in [0.25, 0.3) is 22.2 Å². The zero-order chi connectivity index (χ0) is 25.2. The summed E-state index contributed by atoms with van der Waals surface area (Å²) in [5.74, 6) is 1.88. The Labute approximate surface area is 208 Å². The van der Waals surface area contributed by atoms with Crippen molar-refractivity contribution in [1.82, 2.24) is 19.7 Å². The summed E-state index contributed by atoms with van der Waals surface area (Å²) in [6.45, 7) is 2.04. The number of nitrogen functional groups attached to an aromatic ring is 1. The maximum absolute atomic E-state index is 15.3. The minimum Gasteiger partial charge on any atom is -0.496 e. The molecular formula is C28H27FN6O. The first-order valence-corrected chi connectivity index (χ1v) is 11.7. The summed E-state index contributed by atoms with van der Waals surface area (Å²) in [6, 6.07) is 19.8. The lowest BCUT2D eigenvalue weighted by molar-refractivity contribution is 0.416. The summed E-state index contributed by atoms with van der Waals surface area (Å²) in [6.07, 6.45) is 2.46. The van der Waals surface area contributed by atoms with Gasteiger partial charge in [-0.2, -0.15) is 5.10 Å². The van der Waals surface area contributed by atoms with Crippen LogP contribution in [0.4, 0.5) is 15.9 Å². The van der Waals surface area contributed by atoms with Crippen LogP contribution in [-0.2, 0) is 13.5 Å². The van der Waals surface area contributed by atoms with Gasteiger partial charge < -0.3 is 15.8 Å². The molecule has 1 atom stereocenters. The van der Waals surface area contributed by atoms with Crippen LogP contribution in [0.1, 0.15) is 29.9 Å². The molecule has 0 spiro atoms. The number of nitrogens with one attached hydrogen (secondary N) is 1. The number of pyridine rings is 1. The Morgan fingerprint density at radius 3 is 2.72 bits per heavy atom. The number of fused-ring (bicyclic) bond motifs is 1. The van der Waals surface area contributed by atoms with Crippen molar-refractivity contribution in [3.63, 3.8) is 0 Å². The fourth-order valence-electron chi connectivity index (χ4n) is 4.36. The molecule has 0 saturated heterocycles. The van der Waals surface area contributed by atoms with E-state index in [-0.39, 0.29) is 5.82 Å². The molecule has 3 aromatic carbocycles. The number of halogens is 1. The van der Waals surface area contributed by atoms with Gasteiger partial charge in [-0.3, -0.25) is 4.68 Å². The van der Waals surface area contributed by atoms with Crippen molar-refractivity contribution < 1.29 is 9.13 Å². The van der Waals surface area contributed by atoms with Crippen molar-refractivity contribution in [1.29, 1.82) is 0 Å². The normalized spacial score (nSPS) is 12.0. The number of hydrogen-bond acceptors (Lipinski definition) is 6. The molecule has 0 radical (unpaired) electrons. The molecule has 7 nitrogen and oxygen atoms in total. The van der Waals surface area contributed by atoms with Crippen LogP contribution in [0, 0.1) is 5.82 Å². The van der Waals surface area contributed by atoms with E-state index in [1.165, 1.54) is 6.07 Å². The van der Waals surface area contributed by atoms with E-state index in [0.717, 1.165) is 34.0 Å². The molecule has 2 heterocycles. The summed E-state index contributed by atoms with van der Waals surface area (Å²) in [7, 11) is 3.42. The van der Waals surface area contributed by atoms with Gasteiger partial charge in [0.15, 0.2) is 11.6 Å². The maximum atomic E-state index is 15.3. The SMILES string of the molecule is CCc1ccc(F)c(C(Nc2ccc3c(N)nccc3c2)c2nc(-c3ccccc3OC)nn2C)c1. The first kappa shape index (κ1) is 23.3. The smallest absolute Gasteiger partial charge is 0.185 e. The van der Waals surface area contributed by atoms with Crippen molar-refractivity contribution in [2.24, 2.45) is 7.05 Å². The fourth-order valence-corrected chi connectivity index (χ4v) is 4.36. The van der Waals surface area contributed by atoms with E-state index >= 15 is 4.39 Å². The molecule has 1 unspecified atom stereocenters. The van der Waals surface area contributed by atoms with E-state index in [1.54, 1.807) is 24.1 Å². The molecular weight excluding hydrogens is 455 g/mol. The van der Waals surface area contributed by atoms with Gasteiger partial charge in [0.05, 0.1) is 12.7 Å². The highest BCUT2D eigenvalue weighted by Crippen LogP contribution is 2.33. The predicted octanol–water partition coefficient (Wildman–Crippen LogP) is 5.52. The fraction of sp³-hybridized carbons (Fsp3) is 0.179. The maximum Gasteiger partial charge on any atom is 0.185 e. The quantitative estimate of drug-likeness (QED) is 0.317. The summed E-state index contributed by atoms with van der Waals surface area (Å²) in [5, 5.41) is 9.93. The van der Waals surface area contributed by atoms with E-state index in [4.69, 9.17) is 15.5 Å². The van der Waals surface area contributed by atoms with E-state index in [2.05, 4.69) is 15.4 Å². The Morgan fingerprint density at radius 1 is 1.08 bits per heavy atom. The van der Waals surface area contributed by atoms with E-state index in [9.17, 15) is 0 Å². The lowest BCUT2D eigenvalue weighted by Crippen LogP contribution is -2.19. The van der Waals surface area contributed by atoms with Gasteiger partial charge >= 0.3 is 0 Å². The number of anilines is 2. The predicted molar refractivity (Wildman–Crippen MR) is 140 cm³/mol. The molecule has 5 rings (SSSR count). The van der Waals surface area contributed by atoms with E-state index in [1.807, 2.05) is 68.6 Å². The van der Waals surface area contributed by atoms with Crippen LogP contribution < -0.4 is 15.8 Å². The van der Waals surface area contributed by atoms with E-state index < -0.39 is 6.04 Å². The number of para-hydroxylation sites is 1. The molecule has 0 saturated carbocycles. The average molecular weight is 483 g/mol. The van der Waals surface area contributed by atoms with E-state index in [0.29, 0.717) is 28.8 Å². The summed E-state index contributed by atoms with van der Waals surface area (Å²) in [5.41, 5.74) is 9.11. The monoisotopic (exact) mass is 482 g/mol. The third kappa shape index (κ3) is 4.33. The van der Waals surface area contributed by atoms with Crippen LogP contribution in [0.2, 0.25) is 0 Å². The number of nitrogens with zero attached hydrogens (tertiary/aromatic N) is 4. The third-order valence-electron chi connectivity index (χ3n) is 6.29. The lowest BCUT2D eigenvalue weighted by atomic mass is 10.0. The lowest BCUT2D eigenvalue weighted by Gasteiger charge is -2.21. The second-order valence-electron chi connectivity index (χ2n) is 8.54. The minimum atomic E-state index is -0.603. The molecule has 0 aliphatic heterocycles. The number of benzene rings is 3. The van der Waals surface area contributed by atoms with Crippen molar-refractivity contribution in [3.8, 4) is 17.1 Å². The Hall–Kier alpha value is -4.46. The first-order chi connectivity index (χ1) is 17.5. The summed E-state index contributed by atoms with van der Waals surface area (Å²) in [4.78, 5) is 9.00. The van der Waals surface area contributed by atoms with Gasteiger partial charge in [0, 0.05) is 29.9 Å². The van der Waals surface area contributed by atoms with Crippen LogP contribution in [0.5, 0.6) is 5.75 Å². The number of ether oxygens (including phenoxy) is 1.